The number of benzene rings is 1. The van der Waals surface area contributed by atoms with E-state index in [-0.39, 0.29) is 36.6 Å². The zero-order valence-electron chi connectivity index (χ0n) is 15.9. The molecule has 1 aromatic carbocycles. The van der Waals surface area contributed by atoms with Crippen LogP contribution in [0.1, 0.15) is 42.7 Å². The molecule has 2 fully saturated rings. The van der Waals surface area contributed by atoms with Gasteiger partial charge in [0.2, 0.25) is 0 Å². The van der Waals surface area contributed by atoms with Gasteiger partial charge < -0.3 is 9.80 Å². The minimum Gasteiger partial charge on any atom is -0.333 e. The maximum atomic E-state index is 14.2. The van der Waals surface area contributed by atoms with Crippen LogP contribution in [-0.2, 0) is 4.79 Å². The van der Waals surface area contributed by atoms with E-state index in [9.17, 15) is 22.4 Å². The summed E-state index contributed by atoms with van der Waals surface area (Å²) in [6.07, 6.45) is -1.74. The van der Waals surface area contributed by atoms with Crippen LogP contribution in [0.15, 0.2) is 42.8 Å². The van der Waals surface area contributed by atoms with Crippen molar-refractivity contribution in [3.05, 3.63) is 59.7 Å². The molecule has 2 aliphatic rings. The number of rotatable bonds is 3. The molecule has 1 amide bonds. The number of allylic oxidation sites excluding steroid dienone is 1. The van der Waals surface area contributed by atoms with Crippen LogP contribution in [0.5, 0.6) is 0 Å². The molecule has 1 saturated heterocycles. The first-order chi connectivity index (χ1) is 13.1. The second-order valence-electron chi connectivity index (χ2n) is 7.57. The predicted molar refractivity (Wildman–Crippen MR) is 98.9 cm³/mol. The van der Waals surface area contributed by atoms with Crippen LogP contribution < -0.4 is 0 Å². The second kappa shape index (κ2) is 7.60. The van der Waals surface area contributed by atoms with Crippen molar-refractivity contribution in [2.45, 2.75) is 50.7 Å². The molecule has 1 saturated carbocycles. The average molecular weight is 396 g/mol. The van der Waals surface area contributed by atoms with Crippen molar-refractivity contribution < 1.29 is 22.4 Å². The molecule has 3 nitrogen and oxygen atoms in total. The van der Waals surface area contributed by atoms with Gasteiger partial charge in [-0.2, -0.15) is 13.2 Å². The number of hydrogen-bond donors (Lipinski definition) is 0. The number of piperazine rings is 1. The first-order valence-corrected chi connectivity index (χ1v) is 9.39. The quantitative estimate of drug-likeness (QED) is 0.536. The summed E-state index contributed by atoms with van der Waals surface area (Å²) in [5.41, 5.74) is 0.455. The fourth-order valence-electron chi connectivity index (χ4n) is 4.20. The number of alkyl halides is 3. The van der Waals surface area contributed by atoms with Crippen LogP contribution in [0.3, 0.4) is 0 Å². The van der Waals surface area contributed by atoms with Crippen molar-refractivity contribution in [1.29, 1.82) is 0 Å². The van der Waals surface area contributed by atoms with Crippen LogP contribution in [-0.4, -0.2) is 41.0 Å². The summed E-state index contributed by atoms with van der Waals surface area (Å²) in [7, 11) is 0. The molecule has 0 atom stereocenters. The summed E-state index contributed by atoms with van der Waals surface area (Å²) in [6, 6.07) is 5.03. The Bertz CT molecular complexity index is 794. The van der Waals surface area contributed by atoms with Crippen molar-refractivity contribution in [2.75, 3.05) is 13.1 Å². The summed E-state index contributed by atoms with van der Waals surface area (Å²) in [5.74, 6) is -0.597. The number of aryl methyl sites for hydroxylation is 1. The average Bonchev–Trinajstić information content (AvgIpc) is 2.65. The van der Waals surface area contributed by atoms with Gasteiger partial charge in [-0.05, 0) is 50.2 Å². The molecule has 0 spiro atoms. The van der Waals surface area contributed by atoms with Gasteiger partial charge in [0.25, 0.3) is 5.91 Å². The highest BCUT2D eigenvalue weighted by molar-refractivity contribution is 5.93. The molecule has 0 radical (unpaired) electrons. The molecule has 1 aromatic rings. The third-order valence-electron chi connectivity index (χ3n) is 5.78. The van der Waals surface area contributed by atoms with Crippen molar-refractivity contribution >= 4 is 5.91 Å². The second-order valence-corrected chi connectivity index (χ2v) is 7.57. The summed E-state index contributed by atoms with van der Waals surface area (Å²) in [6.45, 7) is 8.77. The lowest BCUT2D eigenvalue weighted by Crippen LogP contribution is -2.53. The smallest absolute Gasteiger partial charge is 0.333 e. The van der Waals surface area contributed by atoms with E-state index in [0.717, 1.165) is 23.3 Å². The maximum absolute atomic E-state index is 14.2. The van der Waals surface area contributed by atoms with Gasteiger partial charge in [0.1, 0.15) is 11.5 Å². The molecule has 1 heterocycles. The van der Waals surface area contributed by atoms with Crippen LogP contribution in [0, 0.1) is 12.7 Å². The molecule has 152 valence electrons. The number of carbonyl (C=O) groups is 1. The van der Waals surface area contributed by atoms with Gasteiger partial charge in [-0.25, -0.2) is 4.39 Å². The molecular formula is C21H24F4N2O. The van der Waals surface area contributed by atoms with Gasteiger partial charge in [0, 0.05) is 19.1 Å². The lowest BCUT2D eigenvalue weighted by Gasteiger charge is -2.43. The Balaban J connectivity index is 1.64. The monoisotopic (exact) mass is 396 g/mol. The lowest BCUT2D eigenvalue weighted by atomic mass is 9.80. The standard InChI is InChI=1S/C21H24F4N2O/c1-13-4-9-19(22)18(12-13)16-5-7-17(8-6-16)27-11-10-26(14(2)20(27)28)15(3)21(23,24)25/h4,9,12,16-17H,2-3,5-8,10-11H2,1H3. The molecule has 0 unspecified atom stereocenters. The zero-order valence-corrected chi connectivity index (χ0v) is 15.9. The Hall–Kier alpha value is -2.31. The highest BCUT2D eigenvalue weighted by atomic mass is 19.4. The fraction of sp³-hybridized carbons (Fsp3) is 0.476. The van der Waals surface area contributed by atoms with E-state index in [2.05, 4.69) is 13.2 Å². The van der Waals surface area contributed by atoms with Gasteiger partial charge in [-0.3, -0.25) is 4.79 Å². The number of halogens is 4. The highest BCUT2D eigenvalue weighted by Gasteiger charge is 2.42. The Morgan fingerprint density at radius 3 is 2.39 bits per heavy atom. The zero-order chi connectivity index (χ0) is 20.6. The van der Waals surface area contributed by atoms with Crippen molar-refractivity contribution in [2.24, 2.45) is 0 Å². The number of nitrogens with zero attached hydrogens (tertiary/aromatic N) is 2. The Morgan fingerprint density at radius 2 is 1.79 bits per heavy atom. The molecule has 1 aliphatic heterocycles. The van der Waals surface area contributed by atoms with Crippen molar-refractivity contribution in [3.63, 3.8) is 0 Å². The molecule has 28 heavy (non-hydrogen) atoms. The molecule has 0 bridgehead atoms. The van der Waals surface area contributed by atoms with Gasteiger partial charge in [-0.1, -0.05) is 30.9 Å². The predicted octanol–water partition coefficient (Wildman–Crippen LogP) is 4.89. The highest BCUT2D eigenvalue weighted by Crippen LogP contribution is 2.38. The Labute approximate surface area is 162 Å². The SMILES string of the molecule is C=C1C(=O)N(C2CCC(c3cc(C)ccc3F)CC2)CCN1C(=C)C(F)(F)F. The largest absolute Gasteiger partial charge is 0.430 e. The summed E-state index contributed by atoms with van der Waals surface area (Å²) < 4.78 is 52.9. The molecule has 3 rings (SSSR count). The summed E-state index contributed by atoms with van der Waals surface area (Å²) in [5, 5.41) is 0. The van der Waals surface area contributed by atoms with Gasteiger partial charge >= 0.3 is 6.18 Å². The van der Waals surface area contributed by atoms with E-state index in [1.807, 2.05) is 13.0 Å². The Kier molecular flexibility index (Phi) is 5.55. The Morgan fingerprint density at radius 1 is 1.14 bits per heavy atom. The van der Waals surface area contributed by atoms with Crippen LogP contribution in [0.2, 0.25) is 0 Å². The lowest BCUT2D eigenvalue weighted by molar-refractivity contribution is -0.138. The minimum absolute atomic E-state index is 0.0232. The van der Waals surface area contributed by atoms with Crippen molar-refractivity contribution in [3.8, 4) is 0 Å². The van der Waals surface area contributed by atoms with E-state index in [4.69, 9.17) is 0 Å². The summed E-state index contributed by atoms with van der Waals surface area (Å²) >= 11 is 0. The third-order valence-corrected chi connectivity index (χ3v) is 5.78. The van der Waals surface area contributed by atoms with Gasteiger partial charge in [0.15, 0.2) is 0 Å². The van der Waals surface area contributed by atoms with E-state index in [1.54, 1.807) is 11.0 Å². The summed E-state index contributed by atoms with van der Waals surface area (Å²) in [4.78, 5) is 15.1. The van der Waals surface area contributed by atoms with Crippen molar-refractivity contribution in [1.82, 2.24) is 9.80 Å². The number of carbonyl (C=O) groups excluding carboxylic acids is 1. The topological polar surface area (TPSA) is 23.6 Å². The first kappa shape index (κ1) is 20.4. The van der Waals surface area contributed by atoms with Gasteiger partial charge in [-0.15, -0.1) is 0 Å². The molecule has 7 heteroatoms. The van der Waals surface area contributed by atoms with Crippen LogP contribution in [0.4, 0.5) is 17.6 Å². The van der Waals surface area contributed by atoms with E-state index < -0.39 is 17.8 Å². The van der Waals surface area contributed by atoms with E-state index in [1.165, 1.54) is 6.07 Å². The third kappa shape index (κ3) is 3.93. The molecular weight excluding hydrogens is 372 g/mol. The molecule has 0 N–H and O–H groups in total. The van der Waals surface area contributed by atoms with E-state index >= 15 is 0 Å². The number of amides is 1. The first-order valence-electron chi connectivity index (χ1n) is 9.39. The van der Waals surface area contributed by atoms with Crippen LogP contribution in [0.25, 0.3) is 0 Å². The normalized spacial score (nSPS) is 23.9. The van der Waals surface area contributed by atoms with E-state index in [0.29, 0.717) is 18.4 Å². The number of hydrogen-bond acceptors (Lipinski definition) is 2. The molecule has 1 aliphatic carbocycles. The molecule has 0 aromatic heterocycles. The van der Waals surface area contributed by atoms with Crippen LogP contribution >= 0.6 is 0 Å². The minimum atomic E-state index is -4.60. The fourth-order valence-corrected chi connectivity index (χ4v) is 4.20. The maximum Gasteiger partial charge on any atom is 0.430 e. The van der Waals surface area contributed by atoms with Gasteiger partial charge in [0.05, 0.1) is 5.70 Å².